The Bertz CT molecular complexity index is 768. The van der Waals surface area contributed by atoms with Crippen molar-refractivity contribution in [2.24, 2.45) is 0 Å². The number of para-hydroxylation sites is 1. The number of anilines is 1. The van der Waals surface area contributed by atoms with Crippen LogP contribution >= 0.6 is 23.2 Å². The first-order valence-corrected chi connectivity index (χ1v) is 8.13. The summed E-state index contributed by atoms with van der Waals surface area (Å²) in [5, 5.41) is 3.00. The number of halogens is 2. The molecule has 0 spiro atoms. The van der Waals surface area contributed by atoms with Crippen LogP contribution in [0.5, 0.6) is 5.75 Å². The zero-order valence-corrected chi connectivity index (χ0v) is 14.9. The van der Waals surface area contributed by atoms with Gasteiger partial charge in [-0.1, -0.05) is 41.4 Å². The first-order valence-electron chi connectivity index (χ1n) is 7.38. The van der Waals surface area contributed by atoms with Crippen LogP contribution in [0, 0.1) is 0 Å². The summed E-state index contributed by atoms with van der Waals surface area (Å²) in [6.07, 6.45) is 1.94. The van der Waals surface area contributed by atoms with Gasteiger partial charge in [0.25, 0.3) is 5.91 Å². The van der Waals surface area contributed by atoms with E-state index in [4.69, 9.17) is 32.7 Å². The monoisotopic (exact) mass is 382 g/mol. The zero-order chi connectivity index (χ0) is 18.2. The summed E-state index contributed by atoms with van der Waals surface area (Å²) < 4.78 is 10.2. The Hall–Kier alpha value is -2.31. The van der Waals surface area contributed by atoms with E-state index < -0.39 is 18.5 Å². The van der Waals surface area contributed by atoms with E-state index in [0.29, 0.717) is 17.2 Å². The number of carbonyl (C=O) groups is 2. The Labute approximate surface area is 155 Å². The molecule has 0 saturated heterocycles. The lowest BCUT2D eigenvalue weighted by molar-refractivity contribution is -0.147. The molecule has 0 aliphatic rings. The molecule has 1 aromatic heterocycles. The first kappa shape index (κ1) is 19.0. The number of ether oxygens (including phenoxy) is 2. The van der Waals surface area contributed by atoms with Crippen molar-refractivity contribution in [1.29, 1.82) is 0 Å². The molecule has 25 heavy (non-hydrogen) atoms. The van der Waals surface area contributed by atoms with E-state index in [9.17, 15) is 9.59 Å². The Kier molecular flexibility index (Phi) is 7.03. The lowest BCUT2D eigenvalue weighted by atomic mass is 10.1. The van der Waals surface area contributed by atoms with Crippen molar-refractivity contribution in [3.63, 3.8) is 0 Å². The van der Waals surface area contributed by atoms with Gasteiger partial charge in [0.05, 0.1) is 17.2 Å². The number of methoxy groups -OCH3 is 1. The molecule has 1 aromatic carbocycles. The molecular weight excluding hydrogens is 367 g/mol. The third-order valence-corrected chi connectivity index (χ3v) is 3.72. The molecule has 0 aliphatic carbocycles. The second-order valence-corrected chi connectivity index (χ2v) is 5.85. The fourth-order valence-corrected chi connectivity index (χ4v) is 2.47. The van der Waals surface area contributed by atoms with Crippen LogP contribution in [0.4, 0.5) is 5.82 Å². The summed E-state index contributed by atoms with van der Waals surface area (Å²) in [7, 11) is 1.57. The van der Waals surface area contributed by atoms with Gasteiger partial charge in [-0.3, -0.25) is 9.59 Å². The molecule has 0 saturated carbocycles. The van der Waals surface area contributed by atoms with Gasteiger partial charge in [-0.15, -0.1) is 0 Å². The van der Waals surface area contributed by atoms with Gasteiger partial charge in [0.1, 0.15) is 5.75 Å². The number of hydrogen-bond acceptors (Lipinski definition) is 5. The molecule has 0 fully saturated rings. The minimum Gasteiger partial charge on any atom is -0.496 e. The summed E-state index contributed by atoms with van der Waals surface area (Å²) in [6.45, 7) is -0.425. The normalized spacial score (nSPS) is 10.2. The molecule has 6 nitrogen and oxygen atoms in total. The SMILES string of the molecule is COc1ccccc1CCC(=O)OCC(=O)Nc1ncc(Cl)cc1Cl. The van der Waals surface area contributed by atoms with Crippen molar-refractivity contribution in [1.82, 2.24) is 4.98 Å². The summed E-state index contributed by atoms with van der Waals surface area (Å²) in [5.74, 6) is -0.170. The number of pyridine rings is 1. The largest absolute Gasteiger partial charge is 0.496 e. The Balaban J connectivity index is 1.78. The van der Waals surface area contributed by atoms with E-state index >= 15 is 0 Å². The Morgan fingerprint density at radius 1 is 1.24 bits per heavy atom. The minimum absolute atomic E-state index is 0.133. The topological polar surface area (TPSA) is 77.5 Å². The van der Waals surface area contributed by atoms with E-state index in [1.54, 1.807) is 7.11 Å². The second kappa shape index (κ2) is 9.25. The van der Waals surface area contributed by atoms with Crippen molar-refractivity contribution in [3.8, 4) is 5.75 Å². The van der Waals surface area contributed by atoms with Gasteiger partial charge < -0.3 is 14.8 Å². The average Bonchev–Trinajstić information content (AvgIpc) is 2.60. The highest BCUT2D eigenvalue weighted by Gasteiger charge is 2.12. The summed E-state index contributed by atoms with van der Waals surface area (Å²) in [5.41, 5.74) is 0.892. The second-order valence-electron chi connectivity index (χ2n) is 5.00. The molecule has 1 amide bonds. The van der Waals surface area contributed by atoms with Crippen molar-refractivity contribution in [3.05, 3.63) is 52.1 Å². The number of nitrogens with zero attached hydrogens (tertiary/aromatic N) is 1. The molecule has 0 radical (unpaired) electrons. The van der Waals surface area contributed by atoms with Crippen LogP contribution in [0.15, 0.2) is 36.5 Å². The predicted octanol–water partition coefficient (Wildman–Crippen LogP) is 3.51. The molecule has 0 aliphatic heterocycles. The number of aryl methyl sites for hydroxylation is 1. The molecule has 2 rings (SSSR count). The third kappa shape index (κ3) is 5.92. The standard InChI is InChI=1S/C17H16Cl2N2O4/c1-24-14-5-3-2-4-11(14)6-7-16(23)25-10-15(22)21-17-13(19)8-12(18)9-20-17/h2-5,8-9H,6-7,10H2,1H3,(H,20,21,22). The highest BCUT2D eigenvalue weighted by molar-refractivity contribution is 6.36. The maximum atomic E-state index is 11.8. The van der Waals surface area contributed by atoms with Gasteiger partial charge in [-0.25, -0.2) is 4.98 Å². The Morgan fingerprint density at radius 3 is 2.72 bits per heavy atom. The summed E-state index contributed by atoms with van der Waals surface area (Å²) in [6, 6.07) is 8.84. The number of nitrogens with one attached hydrogen (secondary N) is 1. The molecular formula is C17H16Cl2N2O4. The Morgan fingerprint density at radius 2 is 2.00 bits per heavy atom. The average molecular weight is 383 g/mol. The smallest absolute Gasteiger partial charge is 0.306 e. The number of carbonyl (C=O) groups excluding carboxylic acids is 2. The van der Waals surface area contributed by atoms with Gasteiger partial charge in [0, 0.05) is 12.6 Å². The maximum Gasteiger partial charge on any atom is 0.306 e. The van der Waals surface area contributed by atoms with Crippen LogP contribution in [-0.2, 0) is 20.7 Å². The summed E-state index contributed by atoms with van der Waals surface area (Å²) in [4.78, 5) is 27.5. The van der Waals surface area contributed by atoms with Gasteiger partial charge >= 0.3 is 5.97 Å². The number of esters is 1. The highest BCUT2D eigenvalue weighted by atomic mass is 35.5. The number of aromatic nitrogens is 1. The van der Waals surface area contributed by atoms with Crippen LogP contribution in [0.25, 0.3) is 0 Å². The van der Waals surface area contributed by atoms with Crippen LogP contribution < -0.4 is 10.1 Å². The summed E-state index contributed by atoms with van der Waals surface area (Å²) >= 11 is 11.6. The number of hydrogen-bond donors (Lipinski definition) is 1. The fraction of sp³-hybridized carbons (Fsp3) is 0.235. The van der Waals surface area contributed by atoms with E-state index in [0.717, 1.165) is 5.56 Å². The van der Waals surface area contributed by atoms with Crippen molar-refractivity contribution >= 4 is 40.9 Å². The third-order valence-electron chi connectivity index (χ3n) is 3.22. The van der Waals surface area contributed by atoms with Gasteiger partial charge in [0.15, 0.2) is 12.4 Å². The van der Waals surface area contributed by atoms with Crippen LogP contribution in [-0.4, -0.2) is 30.6 Å². The number of benzene rings is 1. The van der Waals surface area contributed by atoms with Gasteiger partial charge in [-0.05, 0) is 24.1 Å². The molecule has 0 atom stereocenters. The fourth-order valence-electron chi connectivity index (χ4n) is 2.04. The van der Waals surface area contributed by atoms with Crippen molar-refractivity contribution < 1.29 is 19.1 Å². The number of amides is 1. The molecule has 2 aromatic rings. The van der Waals surface area contributed by atoms with E-state index in [-0.39, 0.29) is 17.3 Å². The number of rotatable bonds is 7. The molecule has 8 heteroatoms. The van der Waals surface area contributed by atoms with Crippen molar-refractivity contribution in [2.75, 3.05) is 19.0 Å². The molecule has 0 bridgehead atoms. The van der Waals surface area contributed by atoms with Crippen LogP contribution in [0.2, 0.25) is 10.0 Å². The molecule has 1 heterocycles. The maximum absolute atomic E-state index is 11.8. The zero-order valence-electron chi connectivity index (χ0n) is 13.4. The van der Waals surface area contributed by atoms with Crippen molar-refractivity contribution in [2.45, 2.75) is 12.8 Å². The predicted molar refractivity (Wildman–Crippen MR) is 95.2 cm³/mol. The van der Waals surface area contributed by atoms with Crippen LogP contribution in [0.1, 0.15) is 12.0 Å². The van der Waals surface area contributed by atoms with E-state index in [2.05, 4.69) is 10.3 Å². The van der Waals surface area contributed by atoms with Gasteiger partial charge in [0.2, 0.25) is 0 Å². The quantitative estimate of drug-likeness (QED) is 0.741. The lowest BCUT2D eigenvalue weighted by Gasteiger charge is -2.09. The van der Waals surface area contributed by atoms with Gasteiger partial charge in [-0.2, -0.15) is 0 Å². The molecule has 1 N–H and O–H groups in total. The van der Waals surface area contributed by atoms with E-state index in [1.165, 1.54) is 12.3 Å². The van der Waals surface area contributed by atoms with E-state index in [1.807, 2.05) is 24.3 Å². The molecule has 0 unspecified atom stereocenters. The highest BCUT2D eigenvalue weighted by Crippen LogP contribution is 2.22. The molecule has 132 valence electrons. The van der Waals surface area contributed by atoms with Crippen LogP contribution in [0.3, 0.4) is 0 Å². The first-order chi connectivity index (χ1) is 12.0. The lowest BCUT2D eigenvalue weighted by Crippen LogP contribution is -2.21. The minimum atomic E-state index is -0.539.